The molecule has 1 aromatic rings. The fourth-order valence-corrected chi connectivity index (χ4v) is 1.90. The summed E-state index contributed by atoms with van der Waals surface area (Å²) in [6.45, 7) is 1.97. The van der Waals surface area contributed by atoms with Gasteiger partial charge in [-0.05, 0) is 24.8 Å². The van der Waals surface area contributed by atoms with Gasteiger partial charge in [-0.15, -0.1) is 11.8 Å². The van der Waals surface area contributed by atoms with E-state index in [0.29, 0.717) is 5.56 Å². The molecule has 1 amide bonds. The predicted octanol–water partition coefficient (Wildman–Crippen LogP) is 1.82. The fraction of sp³-hybridized carbons (Fsp3) is 0.222. The molecule has 0 aliphatic heterocycles. The normalized spacial score (nSPS) is 9.83. The molecule has 0 aliphatic rings. The molecule has 0 aliphatic carbocycles. The summed E-state index contributed by atoms with van der Waals surface area (Å²) in [6, 6.07) is 5.56. The predicted molar refractivity (Wildman–Crippen MR) is 51.5 cm³/mol. The number of carbonyl (C=O) groups excluding carboxylic acids is 1. The third kappa shape index (κ3) is 1.61. The topological polar surface area (TPSA) is 43.1 Å². The molecule has 2 N–H and O–H groups in total. The summed E-state index contributed by atoms with van der Waals surface area (Å²) < 4.78 is 0. The smallest absolute Gasteiger partial charge is 0.249 e. The number of benzene rings is 1. The van der Waals surface area contributed by atoms with E-state index in [1.807, 2.05) is 25.3 Å². The average molecular weight is 181 g/mol. The van der Waals surface area contributed by atoms with E-state index in [1.165, 1.54) is 0 Å². The van der Waals surface area contributed by atoms with Crippen LogP contribution in [0.3, 0.4) is 0 Å². The minimum atomic E-state index is -0.358. The van der Waals surface area contributed by atoms with E-state index in [1.54, 1.807) is 17.8 Å². The lowest BCUT2D eigenvalue weighted by Crippen LogP contribution is -2.12. The zero-order valence-electron chi connectivity index (χ0n) is 7.13. The Bertz CT molecular complexity index is 309. The Balaban J connectivity index is 3.27. The molecule has 3 heteroatoms. The maximum Gasteiger partial charge on any atom is 0.249 e. The molecule has 0 aromatic heterocycles. The van der Waals surface area contributed by atoms with E-state index in [2.05, 4.69) is 0 Å². The molecule has 0 atom stereocenters. The molecule has 0 heterocycles. The van der Waals surface area contributed by atoms with Crippen LogP contribution in [0, 0.1) is 6.92 Å². The second-order valence-electron chi connectivity index (χ2n) is 2.52. The molecule has 0 spiro atoms. The second kappa shape index (κ2) is 3.63. The quantitative estimate of drug-likeness (QED) is 0.707. The van der Waals surface area contributed by atoms with E-state index in [9.17, 15) is 4.79 Å². The van der Waals surface area contributed by atoms with Crippen LogP contribution in [0.25, 0.3) is 0 Å². The van der Waals surface area contributed by atoms with Crippen molar-refractivity contribution in [3.8, 4) is 0 Å². The van der Waals surface area contributed by atoms with Crippen LogP contribution >= 0.6 is 11.8 Å². The highest BCUT2D eigenvalue weighted by Crippen LogP contribution is 2.23. The van der Waals surface area contributed by atoms with Crippen molar-refractivity contribution in [2.45, 2.75) is 11.8 Å². The van der Waals surface area contributed by atoms with Gasteiger partial charge in [-0.3, -0.25) is 4.79 Å². The first kappa shape index (κ1) is 9.13. The monoisotopic (exact) mass is 181 g/mol. The van der Waals surface area contributed by atoms with Gasteiger partial charge in [0.05, 0.1) is 5.56 Å². The van der Waals surface area contributed by atoms with Gasteiger partial charge < -0.3 is 5.73 Å². The van der Waals surface area contributed by atoms with Crippen molar-refractivity contribution in [3.05, 3.63) is 29.3 Å². The summed E-state index contributed by atoms with van der Waals surface area (Å²) in [6.07, 6.45) is 1.94. The van der Waals surface area contributed by atoms with E-state index >= 15 is 0 Å². The van der Waals surface area contributed by atoms with Gasteiger partial charge in [-0.25, -0.2) is 0 Å². The van der Waals surface area contributed by atoms with Crippen LogP contribution in [0.4, 0.5) is 0 Å². The van der Waals surface area contributed by atoms with Gasteiger partial charge in [0.2, 0.25) is 5.91 Å². The number of thioether (sulfide) groups is 1. The van der Waals surface area contributed by atoms with Gasteiger partial charge in [-0.2, -0.15) is 0 Å². The van der Waals surface area contributed by atoms with Crippen LogP contribution in [0.2, 0.25) is 0 Å². The van der Waals surface area contributed by atoms with Crippen molar-refractivity contribution in [1.82, 2.24) is 0 Å². The highest BCUT2D eigenvalue weighted by molar-refractivity contribution is 7.98. The van der Waals surface area contributed by atoms with Crippen LogP contribution in [-0.2, 0) is 0 Å². The maximum atomic E-state index is 10.9. The van der Waals surface area contributed by atoms with Crippen molar-refractivity contribution in [2.24, 2.45) is 5.73 Å². The zero-order chi connectivity index (χ0) is 9.14. The molecule has 0 radical (unpaired) electrons. The minimum Gasteiger partial charge on any atom is -0.366 e. The zero-order valence-corrected chi connectivity index (χ0v) is 7.94. The molecule has 0 fully saturated rings. The van der Waals surface area contributed by atoms with Gasteiger partial charge in [0.1, 0.15) is 0 Å². The molecule has 1 aromatic carbocycles. The van der Waals surface area contributed by atoms with Crippen molar-refractivity contribution in [2.75, 3.05) is 6.26 Å². The first-order valence-electron chi connectivity index (χ1n) is 3.60. The Labute approximate surface area is 76.2 Å². The Morgan fingerprint density at radius 1 is 1.50 bits per heavy atom. The van der Waals surface area contributed by atoms with Gasteiger partial charge in [0, 0.05) is 4.90 Å². The largest absolute Gasteiger partial charge is 0.366 e. The number of primary amides is 1. The Kier molecular flexibility index (Phi) is 2.76. The molecular formula is C9H11NOS. The number of rotatable bonds is 2. The summed E-state index contributed by atoms with van der Waals surface area (Å²) >= 11 is 1.55. The van der Waals surface area contributed by atoms with Crippen LogP contribution in [0.5, 0.6) is 0 Å². The van der Waals surface area contributed by atoms with Crippen LogP contribution in [-0.4, -0.2) is 12.2 Å². The number of amides is 1. The lowest BCUT2D eigenvalue weighted by atomic mass is 10.1. The molecule has 2 nitrogen and oxygen atoms in total. The van der Waals surface area contributed by atoms with Crippen molar-refractivity contribution in [1.29, 1.82) is 0 Å². The second-order valence-corrected chi connectivity index (χ2v) is 3.34. The lowest BCUT2D eigenvalue weighted by Gasteiger charge is -2.05. The summed E-state index contributed by atoms with van der Waals surface area (Å²) in [5.74, 6) is -0.358. The van der Waals surface area contributed by atoms with Crippen LogP contribution < -0.4 is 5.73 Å². The molecule has 12 heavy (non-hydrogen) atoms. The minimum absolute atomic E-state index is 0.358. The highest BCUT2D eigenvalue weighted by atomic mass is 32.2. The highest BCUT2D eigenvalue weighted by Gasteiger charge is 2.07. The number of hydrogen-bond acceptors (Lipinski definition) is 2. The van der Waals surface area contributed by atoms with Crippen LogP contribution in [0.15, 0.2) is 23.1 Å². The number of hydrogen-bond donors (Lipinski definition) is 1. The standard InChI is InChI=1S/C9H11NOS/c1-6-4-3-5-7(9(10)11)8(6)12-2/h3-5H,1-2H3,(H2,10,11). The molecule has 0 saturated heterocycles. The number of carbonyl (C=O) groups is 1. The SMILES string of the molecule is CSc1c(C)cccc1C(N)=O. The van der Waals surface area contributed by atoms with E-state index < -0.39 is 0 Å². The Morgan fingerprint density at radius 3 is 2.58 bits per heavy atom. The lowest BCUT2D eigenvalue weighted by molar-refractivity contribution is 0.0997. The molecule has 1 rings (SSSR count). The summed E-state index contributed by atoms with van der Waals surface area (Å²) in [7, 11) is 0. The third-order valence-corrected chi connectivity index (χ3v) is 2.63. The van der Waals surface area contributed by atoms with Gasteiger partial charge >= 0.3 is 0 Å². The maximum absolute atomic E-state index is 10.9. The van der Waals surface area contributed by atoms with Gasteiger partial charge in [0.15, 0.2) is 0 Å². The average Bonchev–Trinajstić information content (AvgIpc) is 2.03. The molecule has 0 unspecified atom stereocenters. The first-order valence-corrected chi connectivity index (χ1v) is 4.82. The molecule has 0 bridgehead atoms. The Hall–Kier alpha value is -0.960. The van der Waals surface area contributed by atoms with E-state index in [0.717, 1.165) is 10.5 Å². The molecule has 64 valence electrons. The van der Waals surface area contributed by atoms with E-state index in [4.69, 9.17) is 5.73 Å². The van der Waals surface area contributed by atoms with Crippen molar-refractivity contribution >= 4 is 17.7 Å². The van der Waals surface area contributed by atoms with Gasteiger partial charge in [-0.1, -0.05) is 12.1 Å². The molecular weight excluding hydrogens is 170 g/mol. The number of nitrogens with two attached hydrogens (primary N) is 1. The Morgan fingerprint density at radius 2 is 2.17 bits per heavy atom. The van der Waals surface area contributed by atoms with Crippen molar-refractivity contribution < 1.29 is 4.79 Å². The summed E-state index contributed by atoms with van der Waals surface area (Å²) in [4.78, 5) is 11.9. The van der Waals surface area contributed by atoms with E-state index in [-0.39, 0.29) is 5.91 Å². The fourth-order valence-electron chi connectivity index (χ4n) is 1.12. The van der Waals surface area contributed by atoms with Crippen molar-refractivity contribution in [3.63, 3.8) is 0 Å². The van der Waals surface area contributed by atoms with Gasteiger partial charge in [0.25, 0.3) is 0 Å². The molecule has 0 saturated carbocycles. The number of aryl methyl sites for hydroxylation is 1. The summed E-state index contributed by atoms with van der Waals surface area (Å²) in [5, 5.41) is 0. The van der Waals surface area contributed by atoms with Crippen LogP contribution in [0.1, 0.15) is 15.9 Å². The third-order valence-electron chi connectivity index (χ3n) is 1.68. The first-order chi connectivity index (χ1) is 5.66. The summed E-state index contributed by atoms with van der Waals surface area (Å²) in [5.41, 5.74) is 6.92.